The van der Waals surface area contributed by atoms with Crippen LogP contribution in [0.3, 0.4) is 0 Å². The number of ether oxygens (including phenoxy) is 1. The lowest BCUT2D eigenvalue weighted by Gasteiger charge is -2.27. The van der Waals surface area contributed by atoms with E-state index in [1.165, 1.54) is 4.90 Å². The monoisotopic (exact) mass is 268 g/mol. The van der Waals surface area contributed by atoms with E-state index in [-0.39, 0.29) is 36.9 Å². The van der Waals surface area contributed by atoms with Crippen LogP contribution in [0, 0.1) is 11.3 Å². The molecule has 2 rings (SSSR count). The Morgan fingerprint density at radius 2 is 2.11 bits per heavy atom. The van der Waals surface area contributed by atoms with E-state index in [0.29, 0.717) is 13.0 Å². The Bertz CT molecular complexity index is 397. The second-order valence-corrected chi connectivity index (χ2v) is 5.69. The molecule has 19 heavy (non-hydrogen) atoms. The van der Waals surface area contributed by atoms with Crippen molar-refractivity contribution in [3.63, 3.8) is 0 Å². The van der Waals surface area contributed by atoms with Crippen LogP contribution in [0.4, 0.5) is 0 Å². The van der Waals surface area contributed by atoms with Gasteiger partial charge in [-0.3, -0.25) is 19.3 Å². The summed E-state index contributed by atoms with van der Waals surface area (Å²) in [5.74, 6) is -1.03. The van der Waals surface area contributed by atoms with E-state index in [2.05, 4.69) is 5.32 Å². The van der Waals surface area contributed by atoms with Crippen molar-refractivity contribution >= 4 is 17.8 Å². The third kappa shape index (κ3) is 2.36. The number of amides is 2. The van der Waals surface area contributed by atoms with Crippen LogP contribution >= 0.6 is 0 Å². The predicted octanol–water partition coefficient (Wildman–Crippen LogP) is -0.0774. The van der Waals surface area contributed by atoms with Crippen LogP contribution in [0.25, 0.3) is 0 Å². The number of esters is 1. The first-order chi connectivity index (χ1) is 8.88. The lowest BCUT2D eigenvalue weighted by Crippen LogP contribution is -2.45. The van der Waals surface area contributed by atoms with E-state index in [1.807, 2.05) is 0 Å². The molecular formula is C13H20N2O4. The van der Waals surface area contributed by atoms with E-state index < -0.39 is 11.5 Å². The number of nitrogens with one attached hydrogen (secondary N) is 1. The third-order valence-electron chi connectivity index (χ3n) is 3.72. The normalized spacial score (nSPS) is 26.8. The highest BCUT2D eigenvalue weighted by atomic mass is 16.5. The zero-order chi connectivity index (χ0) is 14.2. The molecule has 106 valence electrons. The standard InChI is InChI=1S/C13H20N2O4/c1-4-19-12(18)13(2,3)7-15-10(16)8-5-6-14-9(8)11(15)17/h8-9,14H,4-7H2,1-3H3/t8-,9+/m0/s1. The van der Waals surface area contributed by atoms with E-state index in [4.69, 9.17) is 4.74 Å². The highest BCUT2D eigenvalue weighted by Crippen LogP contribution is 2.30. The minimum absolute atomic E-state index is 0.0815. The van der Waals surface area contributed by atoms with Gasteiger partial charge in [-0.25, -0.2) is 0 Å². The first kappa shape index (κ1) is 14.0. The molecule has 0 unspecified atom stereocenters. The Morgan fingerprint density at radius 1 is 1.42 bits per heavy atom. The Labute approximate surface area is 112 Å². The Morgan fingerprint density at radius 3 is 2.68 bits per heavy atom. The molecule has 6 nitrogen and oxygen atoms in total. The molecule has 0 aromatic carbocycles. The molecule has 2 amide bonds. The number of fused-ring (bicyclic) bond motifs is 1. The molecule has 1 N–H and O–H groups in total. The summed E-state index contributed by atoms with van der Waals surface area (Å²) in [5.41, 5.74) is -0.875. The van der Waals surface area contributed by atoms with Crippen molar-refractivity contribution in [3.05, 3.63) is 0 Å². The zero-order valence-electron chi connectivity index (χ0n) is 11.6. The van der Waals surface area contributed by atoms with Gasteiger partial charge in [-0.05, 0) is 33.7 Å². The second kappa shape index (κ2) is 4.92. The van der Waals surface area contributed by atoms with E-state index in [9.17, 15) is 14.4 Å². The fraction of sp³-hybridized carbons (Fsp3) is 0.769. The van der Waals surface area contributed by atoms with Gasteiger partial charge in [-0.15, -0.1) is 0 Å². The summed E-state index contributed by atoms with van der Waals surface area (Å²) in [5, 5.41) is 3.04. The summed E-state index contributed by atoms with van der Waals surface area (Å²) in [6.07, 6.45) is 0.686. The van der Waals surface area contributed by atoms with Gasteiger partial charge in [0.15, 0.2) is 0 Å². The number of hydrogen-bond donors (Lipinski definition) is 1. The molecule has 2 aliphatic heterocycles. The fourth-order valence-electron chi connectivity index (χ4n) is 2.65. The molecule has 6 heteroatoms. The molecule has 2 aliphatic rings. The number of likely N-dealkylation sites (tertiary alicyclic amines) is 1. The molecule has 0 bridgehead atoms. The minimum atomic E-state index is -0.875. The number of hydrogen-bond acceptors (Lipinski definition) is 5. The molecule has 0 saturated carbocycles. The molecule has 0 radical (unpaired) electrons. The lowest BCUT2D eigenvalue weighted by molar-refractivity contribution is -0.156. The van der Waals surface area contributed by atoms with Gasteiger partial charge in [0.2, 0.25) is 11.8 Å². The van der Waals surface area contributed by atoms with Crippen molar-refractivity contribution in [3.8, 4) is 0 Å². The first-order valence-electron chi connectivity index (χ1n) is 6.64. The van der Waals surface area contributed by atoms with Crippen molar-refractivity contribution < 1.29 is 19.1 Å². The van der Waals surface area contributed by atoms with Crippen LogP contribution in [0.15, 0.2) is 0 Å². The number of rotatable bonds is 4. The van der Waals surface area contributed by atoms with Gasteiger partial charge in [0.1, 0.15) is 0 Å². The van der Waals surface area contributed by atoms with Gasteiger partial charge in [0.05, 0.1) is 24.0 Å². The molecule has 2 atom stereocenters. The Balaban J connectivity index is 2.09. The SMILES string of the molecule is CCOC(=O)C(C)(C)CN1C(=O)[C@H]2CCN[C@H]2C1=O. The van der Waals surface area contributed by atoms with Crippen molar-refractivity contribution in [2.45, 2.75) is 33.2 Å². The maximum absolute atomic E-state index is 12.2. The van der Waals surface area contributed by atoms with Crippen LogP contribution < -0.4 is 5.32 Å². The number of carbonyl (C=O) groups is 3. The number of nitrogens with zero attached hydrogens (tertiary/aromatic N) is 1. The molecule has 2 heterocycles. The Kier molecular flexibility index (Phi) is 3.62. The van der Waals surface area contributed by atoms with Crippen LogP contribution in [-0.4, -0.2) is 48.4 Å². The van der Waals surface area contributed by atoms with E-state index >= 15 is 0 Å². The van der Waals surface area contributed by atoms with Crippen molar-refractivity contribution in [2.75, 3.05) is 19.7 Å². The summed E-state index contributed by atoms with van der Waals surface area (Å²) < 4.78 is 4.98. The average molecular weight is 268 g/mol. The molecular weight excluding hydrogens is 248 g/mol. The fourth-order valence-corrected chi connectivity index (χ4v) is 2.65. The van der Waals surface area contributed by atoms with Gasteiger partial charge in [-0.1, -0.05) is 0 Å². The summed E-state index contributed by atoms with van der Waals surface area (Å²) in [6, 6.07) is -0.398. The van der Waals surface area contributed by atoms with Crippen LogP contribution in [0.2, 0.25) is 0 Å². The molecule has 2 fully saturated rings. The largest absolute Gasteiger partial charge is 0.466 e. The highest BCUT2D eigenvalue weighted by molar-refractivity contribution is 6.07. The third-order valence-corrected chi connectivity index (χ3v) is 3.72. The quantitative estimate of drug-likeness (QED) is 0.570. The molecule has 2 saturated heterocycles. The number of imide groups is 1. The van der Waals surface area contributed by atoms with Crippen LogP contribution in [0.1, 0.15) is 27.2 Å². The first-order valence-corrected chi connectivity index (χ1v) is 6.64. The smallest absolute Gasteiger partial charge is 0.313 e. The maximum atomic E-state index is 12.2. The van der Waals surface area contributed by atoms with Gasteiger partial charge in [0.25, 0.3) is 0 Å². The van der Waals surface area contributed by atoms with Gasteiger partial charge < -0.3 is 10.1 Å². The summed E-state index contributed by atoms with van der Waals surface area (Å²) in [6.45, 7) is 6.17. The lowest BCUT2D eigenvalue weighted by atomic mass is 9.93. The van der Waals surface area contributed by atoms with Gasteiger partial charge >= 0.3 is 5.97 Å². The molecule has 0 spiro atoms. The van der Waals surface area contributed by atoms with Crippen LogP contribution in [-0.2, 0) is 19.1 Å². The van der Waals surface area contributed by atoms with Gasteiger partial charge in [0, 0.05) is 6.54 Å². The van der Waals surface area contributed by atoms with Gasteiger partial charge in [-0.2, -0.15) is 0 Å². The summed E-state index contributed by atoms with van der Waals surface area (Å²) in [7, 11) is 0. The average Bonchev–Trinajstić information content (AvgIpc) is 2.90. The number of carbonyl (C=O) groups excluding carboxylic acids is 3. The second-order valence-electron chi connectivity index (χ2n) is 5.69. The topological polar surface area (TPSA) is 75.7 Å². The van der Waals surface area contributed by atoms with Crippen LogP contribution in [0.5, 0.6) is 0 Å². The molecule has 0 aromatic rings. The Hall–Kier alpha value is -1.43. The minimum Gasteiger partial charge on any atom is -0.466 e. The highest BCUT2D eigenvalue weighted by Gasteiger charge is 2.51. The summed E-state index contributed by atoms with van der Waals surface area (Å²) >= 11 is 0. The van der Waals surface area contributed by atoms with E-state index in [0.717, 1.165) is 0 Å². The maximum Gasteiger partial charge on any atom is 0.313 e. The summed E-state index contributed by atoms with van der Waals surface area (Å²) in [4.78, 5) is 37.3. The predicted molar refractivity (Wildman–Crippen MR) is 67.0 cm³/mol. The molecule has 0 aromatic heterocycles. The van der Waals surface area contributed by atoms with Crippen molar-refractivity contribution in [1.82, 2.24) is 10.2 Å². The zero-order valence-corrected chi connectivity index (χ0v) is 11.6. The van der Waals surface area contributed by atoms with Crippen molar-refractivity contribution in [2.24, 2.45) is 11.3 Å². The molecule has 0 aliphatic carbocycles. The van der Waals surface area contributed by atoms with E-state index in [1.54, 1.807) is 20.8 Å². The van der Waals surface area contributed by atoms with Crippen molar-refractivity contribution in [1.29, 1.82) is 0 Å².